The summed E-state index contributed by atoms with van der Waals surface area (Å²) in [4.78, 5) is 17.4. The number of nitrogens with one attached hydrogen (secondary N) is 1. The van der Waals surface area contributed by atoms with E-state index in [0.29, 0.717) is 25.6 Å². The Bertz CT molecular complexity index is 740. The van der Waals surface area contributed by atoms with Crippen molar-refractivity contribution < 1.29 is 9.53 Å². The van der Waals surface area contributed by atoms with Gasteiger partial charge in [-0.15, -0.1) is 0 Å². The van der Waals surface area contributed by atoms with Crippen molar-refractivity contribution in [2.75, 3.05) is 46.4 Å². The van der Waals surface area contributed by atoms with E-state index in [1.807, 2.05) is 37.3 Å². The van der Waals surface area contributed by atoms with Crippen molar-refractivity contribution in [1.29, 1.82) is 0 Å². The highest BCUT2D eigenvalue weighted by atomic mass is 16.5. The lowest BCUT2D eigenvalue weighted by Gasteiger charge is -2.38. The summed E-state index contributed by atoms with van der Waals surface area (Å²) in [5.41, 5.74) is 2.32. The molecule has 1 aliphatic heterocycles. The third-order valence-corrected chi connectivity index (χ3v) is 5.50. The summed E-state index contributed by atoms with van der Waals surface area (Å²) in [6.45, 7) is 7.53. The van der Waals surface area contributed by atoms with Crippen LogP contribution in [0.25, 0.3) is 0 Å². The van der Waals surface area contributed by atoms with Crippen molar-refractivity contribution in [2.45, 2.75) is 25.8 Å². The summed E-state index contributed by atoms with van der Waals surface area (Å²) in [7, 11) is 2.17. The fourth-order valence-corrected chi connectivity index (χ4v) is 3.75. The number of piperazine rings is 1. The number of carbonyl (C=O) groups excluding carboxylic acids is 1. The van der Waals surface area contributed by atoms with Gasteiger partial charge in [0.15, 0.2) is 0 Å². The van der Waals surface area contributed by atoms with Crippen LogP contribution in [0.15, 0.2) is 54.6 Å². The molecule has 3 rings (SSSR count). The van der Waals surface area contributed by atoms with E-state index in [9.17, 15) is 4.79 Å². The lowest BCUT2D eigenvalue weighted by Crippen LogP contribution is -2.53. The number of carbonyl (C=O) groups is 1. The second-order valence-electron chi connectivity index (χ2n) is 7.74. The van der Waals surface area contributed by atoms with E-state index in [2.05, 4.69) is 46.4 Å². The molecule has 0 radical (unpaired) electrons. The quantitative estimate of drug-likeness (QED) is 0.709. The predicted octanol–water partition coefficient (Wildman–Crippen LogP) is 2.60. The Morgan fingerprint density at radius 2 is 1.69 bits per heavy atom. The number of rotatable bonds is 9. The molecule has 1 fully saturated rings. The maximum Gasteiger partial charge on any atom is 0.224 e. The van der Waals surface area contributed by atoms with Gasteiger partial charge in [0.05, 0.1) is 13.0 Å². The normalized spacial score (nSPS) is 16.3. The number of hydrogen-bond donors (Lipinski definition) is 1. The number of likely N-dealkylation sites (N-methyl/N-ethyl adjacent to an activating group) is 1. The monoisotopic (exact) mass is 395 g/mol. The Kier molecular flexibility index (Phi) is 8.08. The van der Waals surface area contributed by atoms with Gasteiger partial charge in [-0.25, -0.2) is 0 Å². The van der Waals surface area contributed by atoms with Crippen LogP contribution in [-0.4, -0.2) is 68.1 Å². The Morgan fingerprint density at radius 1 is 1.00 bits per heavy atom. The van der Waals surface area contributed by atoms with Crippen LogP contribution < -0.4 is 10.1 Å². The van der Waals surface area contributed by atoms with E-state index >= 15 is 0 Å². The molecule has 0 aromatic heterocycles. The van der Waals surface area contributed by atoms with Crippen LogP contribution in [0.3, 0.4) is 0 Å². The van der Waals surface area contributed by atoms with Crippen LogP contribution in [-0.2, 0) is 17.6 Å². The first kappa shape index (κ1) is 21.3. The van der Waals surface area contributed by atoms with Gasteiger partial charge in [-0.3, -0.25) is 9.69 Å². The zero-order chi connectivity index (χ0) is 20.5. The molecule has 1 heterocycles. The number of ether oxygens (including phenoxy) is 1. The standard InChI is InChI=1S/C24H33N3O2/c1-3-29-23-11-9-21(10-12-23)18-24(28)25-19-22(17-20-7-5-4-6-8-20)27-15-13-26(2)14-16-27/h4-12,22H,3,13-19H2,1-2H3,(H,25,28). The largest absolute Gasteiger partial charge is 0.494 e. The Morgan fingerprint density at radius 3 is 2.34 bits per heavy atom. The maximum absolute atomic E-state index is 12.5. The van der Waals surface area contributed by atoms with Gasteiger partial charge in [0.1, 0.15) is 5.75 Å². The van der Waals surface area contributed by atoms with E-state index < -0.39 is 0 Å². The van der Waals surface area contributed by atoms with Crippen LogP contribution in [0.2, 0.25) is 0 Å². The molecule has 2 aromatic rings. The smallest absolute Gasteiger partial charge is 0.224 e. The van der Waals surface area contributed by atoms with Crippen molar-refractivity contribution in [1.82, 2.24) is 15.1 Å². The lowest BCUT2D eigenvalue weighted by molar-refractivity contribution is -0.120. The van der Waals surface area contributed by atoms with Crippen LogP contribution in [0, 0.1) is 0 Å². The van der Waals surface area contributed by atoms with Crippen molar-refractivity contribution in [3.05, 3.63) is 65.7 Å². The fraction of sp³-hybridized carbons (Fsp3) is 0.458. The number of amides is 1. The molecule has 0 bridgehead atoms. The molecule has 5 nitrogen and oxygen atoms in total. The zero-order valence-corrected chi connectivity index (χ0v) is 17.6. The summed E-state index contributed by atoms with van der Waals surface area (Å²) in [6, 6.07) is 18.7. The van der Waals surface area contributed by atoms with Crippen molar-refractivity contribution in [3.63, 3.8) is 0 Å². The highest BCUT2D eigenvalue weighted by Gasteiger charge is 2.23. The number of benzene rings is 2. The van der Waals surface area contributed by atoms with Gasteiger partial charge in [0.25, 0.3) is 0 Å². The predicted molar refractivity (Wildman–Crippen MR) is 117 cm³/mol. The molecular weight excluding hydrogens is 362 g/mol. The summed E-state index contributed by atoms with van der Waals surface area (Å²) >= 11 is 0. The summed E-state index contributed by atoms with van der Waals surface area (Å²) in [5, 5.41) is 3.17. The molecule has 156 valence electrons. The molecule has 1 saturated heterocycles. The van der Waals surface area contributed by atoms with Crippen LogP contribution in [0.4, 0.5) is 0 Å². The minimum Gasteiger partial charge on any atom is -0.494 e. The molecule has 2 aromatic carbocycles. The van der Waals surface area contributed by atoms with Crippen molar-refractivity contribution >= 4 is 5.91 Å². The summed E-state index contributed by atoms with van der Waals surface area (Å²) in [5.74, 6) is 0.913. The van der Waals surface area contributed by atoms with Gasteiger partial charge >= 0.3 is 0 Å². The third kappa shape index (κ3) is 6.87. The molecule has 1 amide bonds. The molecule has 0 aliphatic carbocycles. The van der Waals surface area contributed by atoms with Gasteiger partial charge in [-0.05, 0) is 43.7 Å². The average molecular weight is 396 g/mol. The molecule has 0 spiro atoms. The van der Waals surface area contributed by atoms with E-state index in [-0.39, 0.29) is 5.91 Å². The minimum absolute atomic E-state index is 0.0707. The summed E-state index contributed by atoms with van der Waals surface area (Å²) < 4.78 is 5.47. The topological polar surface area (TPSA) is 44.8 Å². The zero-order valence-electron chi connectivity index (χ0n) is 17.6. The first-order chi connectivity index (χ1) is 14.1. The molecule has 1 atom stereocenters. The average Bonchev–Trinajstić information content (AvgIpc) is 2.74. The van der Waals surface area contributed by atoms with Crippen LogP contribution >= 0.6 is 0 Å². The maximum atomic E-state index is 12.5. The van der Waals surface area contributed by atoms with E-state index in [1.165, 1.54) is 5.56 Å². The number of nitrogens with zero attached hydrogens (tertiary/aromatic N) is 2. The minimum atomic E-state index is 0.0707. The van der Waals surface area contributed by atoms with Gasteiger partial charge in [0.2, 0.25) is 5.91 Å². The Balaban J connectivity index is 1.55. The summed E-state index contributed by atoms with van der Waals surface area (Å²) in [6.07, 6.45) is 1.35. The lowest BCUT2D eigenvalue weighted by atomic mass is 10.0. The Hall–Kier alpha value is -2.37. The highest BCUT2D eigenvalue weighted by Crippen LogP contribution is 2.13. The molecule has 29 heavy (non-hydrogen) atoms. The van der Waals surface area contributed by atoms with E-state index in [1.54, 1.807) is 0 Å². The second-order valence-corrected chi connectivity index (χ2v) is 7.74. The van der Waals surface area contributed by atoms with Crippen molar-refractivity contribution in [2.24, 2.45) is 0 Å². The van der Waals surface area contributed by atoms with Gasteiger partial charge in [-0.2, -0.15) is 0 Å². The molecule has 0 saturated carbocycles. The van der Waals surface area contributed by atoms with Gasteiger partial charge < -0.3 is 15.0 Å². The third-order valence-electron chi connectivity index (χ3n) is 5.50. The van der Waals surface area contributed by atoms with Crippen LogP contribution in [0.5, 0.6) is 5.75 Å². The highest BCUT2D eigenvalue weighted by molar-refractivity contribution is 5.78. The van der Waals surface area contributed by atoms with E-state index in [4.69, 9.17) is 4.74 Å². The molecular formula is C24H33N3O2. The second kappa shape index (κ2) is 11.0. The van der Waals surface area contributed by atoms with E-state index in [0.717, 1.165) is 43.9 Å². The molecule has 1 aliphatic rings. The fourth-order valence-electron chi connectivity index (χ4n) is 3.75. The Labute approximate surface area is 174 Å². The van der Waals surface area contributed by atoms with Crippen LogP contribution in [0.1, 0.15) is 18.1 Å². The number of hydrogen-bond acceptors (Lipinski definition) is 4. The molecule has 5 heteroatoms. The SMILES string of the molecule is CCOc1ccc(CC(=O)NCC(Cc2ccccc2)N2CCN(C)CC2)cc1. The molecule has 1 unspecified atom stereocenters. The van der Waals surface area contributed by atoms with Crippen molar-refractivity contribution in [3.8, 4) is 5.75 Å². The van der Waals surface area contributed by atoms with Gasteiger partial charge in [-0.1, -0.05) is 42.5 Å². The first-order valence-electron chi connectivity index (χ1n) is 10.6. The first-order valence-corrected chi connectivity index (χ1v) is 10.6. The van der Waals surface area contributed by atoms with Gasteiger partial charge in [0, 0.05) is 38.8 Å². The molecule has 1 N–H and O–H groups in total.